The van der Waals surface area contributed by atoms with Crippen molar-refractivity contribution < 1.29 is 35.0 Å². The van der Waals surface area contributed by atoms with Crippen molar-refractivity contribution in [2.75, 3.05) is 39.8 Å². The van der Waals surface area contributed by atoms with Gasteiger partial charge in [0.25, 0.3) is 10.4 Å². The predicted octanol–water partition coefficient (Wildman–Crippen LogP) is -2.58. The zero-order chi connectivity index (χ0) is 17.3. The van der Waals surface area contributed by atoms with E-state index in [1.165, 1.54) is 0 Å². The molecule has 0 spiro atoms. The highest BCUT2D eigenvalue weighted by atomic mass is 35.5. The molecule has 0 unspecified atom stereocenters. The van der Waals surface area contributed by atoms with Crippen LogP contribution in [0.4, 0.5) is 4.39 Å². The molecule has 0 bridgehead atoms. The molecule has 0 aromatic rings. The van der Waals surface area contributed by atoms with Crippen molar-refractivity contribution in [3.05, 3.63) is 0 Å². The number of aliphatic hydroxyl groups is 6. The Morgan fingerprint density at radius 1 is 1.09 bits per heavy atom. The molecule has 0 radical (unpaired) electrons. The second kappa shape index (κ2) is 6.98. The summed E-state index contributed by atoms with van der Waals surface area (Å²) in [5.41, 5.74) is -2.82. The Bertz CT molecular complexity index is 378. The molecule has 11 heteroatoms. The van der Waals surface area contributed by atoms with E-state index < -0.39 is 34.9 Å². The molecule has 1 fully saturated rings. The van der Waals surface area contributed by atoms with Gasteiger partial charge in [0.2, 0.25) is 0 Å². The van der Waals surface area contributed by atoms with Crippen molar-refractivity contribution in [3.8, 4) is 0 Å². The number of hydrogen-bond acceptors (Lipinski definition) is 8. The minimum Gasteiger partial charge on any atom is -0.394 e. The molecule has 1 saturated heterocycles. The third kappa shape index (κ3) is 3.64. The van der Waals surface area contributed by atoms with E-state index in [1.54, 1.807) is 7.05 Å². The van der Waals surface area contributed by atoms with Crippen molar-refractivity contribution in [3.63, 3.8) is 0 Å². The molecular weight excluding hydrogens is 346 g/mol. The first-order valence-electron chi connectivity index (χ1n) is 6.53. The Hall–Kier alpha value is 0.190. The molecule has 0 aromatic heterocycles. The SMILES string of the molecule is CN1CCN([C@](O)([C@H](O)CO)[C@@H](O)[C@@](O)(F)C(O)(Cl)Cl)CC1. The summed E-state index contributed by atoms with van der Waals surface area (Å²) in [4.78, 5) is 2.94. The highest BCUT2D eigenvalue weighted by Crippen LogP contribution is 2.40. The predicted molar refractivity (Wildman–Crippen MR) is 75.8 cm³/mol. The van der Waals surface area contributed by atoms with Crippen molar-refractivity contribution in [1.82, 2.24) is 9.80 Å². The quantitative estimate of drug-likeness (QED) is 0.283. The molecule has 8 nitrogen and oxygen atoms in total. The Morgan fingerprint density at radius 3 is 1.91 bits per heavy atom. The van der Waals surface area contributed by atoms with Crippen LogP contribution >= 0.6 is 23.2 Å². The van der Waals surface area contributed by atoms with E-state index in [1.807, 2.05) is 4.90 Å². The Kier molecular flexibility index (Phi) is 6.42. The number of likely N-dealkylation sites (N-methyl/N-ethyl adjacent to an activating group) is 1. The monoisotopic (exact) mass is 366 g/mol. The number of hydrogen-bond donors (Lipinski definition) is 6. The lowest BCUT2D eigenvalue weighted by Gasteiger charge is -2.50. The van der Waals surface area contributed by atoms with Gasteiger partial charge in [-0.2, -0.15) is 0 Å². The molecule has 6 N–H and O–H groups in total. The van der Waals surface area contributed by atoms with Gasteiger partial charge in [0, 0.05) is 26.2 Å². The van der Waals surface area contributed by atoms with Crippen molar-refractivity contribution in [2.24, 2.45) is 0 Å². The third-order valence-corrected chi connectivity index (χ3v) is 4.39. The maximum atomic E-state index is 14.2. The van der Waals surface area contributed by atoms with Crippen LogP contribution in [0.25, 0.3) is 0 Å². The normalized spacial score (nSPS) is 27.0. The molecule has 0 amide bonds. The van der Waals surface area contributed by atoms with Gasteiger partial charge in [-0.3, -0.25) is 4.90 Å². The van der Waals surface area contributed by atoms with Crippen LogP contribution in [0.3, 0.4) is 0 Å². The van der Waals surface area contributed by atoms with Crippen LogP contribution in [0, 0.1) is 0 Å². The van der Waals surface area contributed by atoms with Gasteiger partial charge in [-0.05, 0) is 7.05 Å². The summed E-state index contributed by atoms with van der Waals surface area (Å²) in [6.45, 7) is -0.0623. The zero-order valence-corrected chi connectivity index (χ0v) is 13.4. The largest absolute Gasteiger partial charge is 0.394 e. The summed E-state index contributed by atoms with van der Waals surface area (Å²) in [6, 6.07) is 0. The lowest BCUT2D eigenvalue weighted by atomic mass is 9.91. The summed E-state index contributed by atoms with van der Waals surface area (Å²) in [6.07, 6.45) is -4.88. The van der Waals surface area contributed by atoms with Gasteiger partial charge in [0.1, 0.15) is 6.10 Å². The van der Waals surface area contributed by atoms with Gasteiger partial charge in [-0.25, -0.2) is 4.39 Å². The van der Waals surface area contributed by atoms with Gasteiger partial charge in [-0.1, -0.05) is 23.2 Å². The molecule has 1 aliphatic rings. The molecule has 1 rings (SSSR count). The van der Waals surface area contributed by atoms with Crippen LogP contribution in [0.1, 0.15) is 0 Å². The Morgan fingerprint density at radius 2 is 1.55 bits per heavy atom. The number of aliphatic hydroxyl groups excluding tert-OH is 3. The number of nitrogens with zero attached hydrogens (tertiary/aromatic N) is 2. The minimum atomic E-state index is -4.08. The van der Waals surface area contributed by atoms with Crippen molar-refractivity contribution in [2.45, 2.75) is 28.3 Å². The summed E-state index contributed by atoms with van der Waals surface area (Å²) in [7, 11) is 1.79. The van der Waals surface area contributed by atoms with Gasteiger partial charge in [0.15, 0.2) is 11.8 Å². The molecular formula is C11H21Cl2FN2O6. The van der Waals surface area contributed by atoms with E-state index in [0.29, 0.717) is 13.1 Å². The fourth-order valence-corrected chi connectivity index (χ4v) is 2.52. The van der Waals surface area contributed by atoms with Crippen LogP contribution in [0.15, 0.2) is 0 Å². The molecule has 1 heterocycles. The van der Waals surface area contributed by atoms with Gasteiger partial charge < -0.3 is 35.5 Å². The lowest BCUT2D eigenvalue weighted by molar-refractivity contribution is -0.323. The number of alkyl halides is 3. The van der Waals surface area contributed by atoms with E-state index in [9.17, 15) is 29.9 Å². The van der Waals surface area contributed by atoms with Gasteiger partial charge >= 0.3 is 0 Å². The average molecular weight is 367 g/mol. The van der Waals surface area contributed by atoms with E-state index in [0.717, 1.165) is 4.90 Å². The Balaban J connectivity index is 3.16. The highest BCUT2D eigenvalue weighted by molar-refractivity contribution is 6.47. The summed E-state index contributed by atoms with van der Waals surface area (Å²) < 4.78 is 10.8. The Labute approximate surface area is 136 Å². The molecule has 0 aliphatic carbocycles. The van der Waals surface area contributed by atoms with Crippen LogP contribution < -0.4 is 0 Å². The standard InChI is InChI=1S/C11H21Cl2FN2O6/c1-15-2-4-16(5-3-15)9(20,7(18)6-17)8(19)10(14,21)11(12,13)22/h7-8,17-22H,2-6H2,1H3/t7-,8-,9+,10+/m1/s1. The maximum Gasteiger partial charge on any atom is 0.295 e. The molecule has 4 atom stereocenters. The van der Waals surface area contributed by atoms with Crippen LogP contribution in [-0.4, -0.2) is 109 Å². The second-order valence-corrected chi connectivity index (χ2v) is 6.68. The van der Waals surface area contributed by atoms with E-state index in [4.69, 9.17) is 28.3 Å². The van der Waals surface area contributed by atoms with Crippen molar-refractivity contribution >= 4 is 23.2 Å². The molecule has 132 valence electrons. The first kappa shape index (κ1) is 20.2. The molecule has 22 heavy (non-hydrogen) atoms. The maximum absolute atomic E-state index is 14.2. The molecule has 1 aliphatic heterocycles. The van der Waals surface area contributed by atoms with Gasteiger partial charge in [0.05, 0.1) is 6.61 Å². The third-order valence-electron chi connectivity index (χ3n) is 3.86. The zero-order valence-electron chi connectivity index (χ0n) is 11.9. The van der Waals surface area contributed by atoms with Crippen LogP contribution in [0.2, 0.25) is 0 Å². The fraction of sp³-hybridized carbons (Fsp3) is 1.00. The smallest absolute Gasteiger partial charge is 0.295 e. The van der Waals surface area contributed by atoms with E-state index in [-0.39, 0.29) is 13.1 Å². The number of rotatable bonds is 6. The summed E-state index contributed by atoms with van der Waals surface area (Å²) in [5, 5.41) is 58.3. The lowest BCUT2D eigenvalue weighted by Crippen LogP contribution is -2.74. The first-order valence-corrected chi connectivity index (χ1v) is 7.29. The summed E-state index contributed by atoms with van der Waals surface area (Å²) in [5.74, 6) is -4.08. The average Bonchev–Trinajstić information content (AvgIpc) is 2.44. The minimum absolute atomic E-state index is 0.0835. The topological polar surface area (TPSA) is 128 Å². The molecule has 0 saturated carbocycles. The van der Waals surface area contributed by atoms with Crippen LogP contribution in [-0.2, 0) is 0 Å². The van der Waals surface area contributed by atoms with E-state index >= 15 is 0 Å². The summed E-state index contributed by atoms with van der Waals surface area (Å²) >= 11 is 10.2. The second-order valence-electron chi connectivity index (χ2n) is 5.39. The number of halogens is 3. The molecule has 0 aromatic carbocycles. The van der Waals surface area contributed by atoms with E-state index in [2.05, 4.69) is 0 Å². The first-order chi connectivity index (χ1) is 9.89. The number of piperazine rings is 1. The van der Waals surface area contributed by atoms with Gasteiger partial charge in [-0.15, -0.1) is 0 Å². The fourth-order valence-electron chi connectivity index (χ4n) is 2.31. The van der Waals surface area contributed by atoms with Crippen molar-refractivity contribution in [1.29, 1.82) is 0 Å². The highest BCUT2D eigenvalue weighted by Gasteiger charge is 2.64. The van der Waals surface area contributed by atoms with Crippen LogP contribution in [0.5, 0.6) is 0 Å².